The highest BCUT2D eigenvalue weighted by molar-refractivity contribution is 6.03. The molecule has 2 aliphatic rings. The van der Waals surface area contributed by atoms with E-state index in [1.165, 1.54) is 39.5 Å². The number of H-pyrrole nitrogens is 1. The van der Waals surface area contributed by atoms with Crippen molar-refractivity contribution in [2.24, 2.45) is 0 Å². The van der Waals surface area contributed by atoms with E-state index in [-0.39, 0.29) is 16.8 Å². The van der Waals surface area contributed by atoms with Crippen molar-refractivity contribution in [2.75, 3.05) is 23.7 Å². The van der Waals surface area contributed by atoms with E-state index in [4.69, 9.17) is 10.5 Å². The second kappa shape index (κ2) is 16.7. The molecule has 0 bridgehead atoms. The number of benzene rings is 3. The zero-order chi connectivity index (χ0) is 40.2. The maximum Gasteiger partial charge on any atom is 0.245 e. The molecule has 0 aliphatic carbocycles. The molecule has 0 saturated carbocycles. The second-order valence-electron chi connectivity index (χ2n) is 16.3. The second-order valence-corrected chi connectivity index (χ2v) is 16.3. The van der Waals surface area contributed by atoms with Gasteiger partial charge in [-0.15, -0.1) is 0 Å². The van der Waals surface area contributed by atoms with Crippen molar-refractivity contribution in [3.8, 4) is 5.88 Å². The van der Waals surface area contributed by atoms with E-state index >= 15 is 0 Å². The minimum absolute atomic E-state index is 0.0430. The Balaban J connectivity index is 0.913. The first kappa shape index (κ1) is 39.4. The number of imidazole rings is 1. The molecule has 0 spiro atoms. The molecule has 4 heterocycles. The van der Waals surface area contributed by atoms with Gasteiger partial charge in [0.2, 0.25) is 17.5 Å². The van der Waals surface area contributed by atoms with Crippen LogP contribution >= 0.6 is 0 Å². The van der Waals surface area contributed by atoms with Crippen LogP contribution in [0, 0.1) is 6.92 Å². The number of ether oxygens (including phenoxy) is 1. The van der Waals surface area contributed by atoms with Gasteiger partial charge in [-0.3, -0.25) is 4.79 Å². The number of nitrogens with zero attached hydrogens (tertiary/aromatic N) is 5. The molecule has 9 heteroatoms. The number of aromatic nitrogens is 4. The van der Waals surface area contributed by atoms with Crippen molar-refractivity contribution in [1.82, 2.24) is 19.9 Å². The van der Waals surface area contributed by atoms with Gasteiger partial charge in [-0.25, -0.2) is 4.98 Å². The Labute approximate surface area is 337 Å². The number of fused-ring (bicyclic) bond motifs is 3. The van der Waals surface area contributed by atoms with Gasteiger partial charge in [0.15, 0.2) is 11.4 Å². The van der Waals surface area contributed by atoms with Crippen LogP contribution in [0.3, 0.4) is 0 Å². The Morgan fingerprint density at radius 1 is 0.895 bits per heavy atom. The van der Waals surface area contributed by atoms with Crippen LogP contribution in [0.1, 0.15) is 94.5 Å². The summed E-state index contributed by atoms with van der Waals surface area (Å²) in [5, 5.41) is 0. The average Bonchev–Trinajstić information content (AvgIpc) is 3.82. The Hall–Kier alpha value is -5.83. The van der Waals surface area contributed by atoms with E-state index < -0.39 is 0 Å². The van der Waals surface area contributed by atoms with E-state index in [1.54, 1.807) is 6.33 Å². The molecule has 2 aliphatic heterocycles. The Morgan fingerprint density at radius 3 is 2.49 bits per heavy atom. The number of anilines is 2. The van der Waals surface area contributed by atoms with Crippen LogP contribution in [0.4, 0.5) is 17.3 Å². The predicted octanol–water partition coefficient (Wildman–Crippen LogP) is 9.78. The summed E-state index contributed by atoms with van der Waals surface area (Å²) >= 11 is 0. The number of carbonyl (C=O) groups is 1. The summed E-state index contributed by atoms with van der Waals surface area (Å²) in [6.07, 6.45) is 17.5. The third-order valence-electron chi connectivity index (χ3n) is 11.6. The van der Waals surface area contributed by atoms with Gasteiger partial charge < -0.3 is 20.4 Å². The van der Waals surface area contributed by atoms with E-state index in [0.29, 0.717) is 42.3 Å². The van der Waals surface area contributed by atoms with Crippen molar-refractivity contribution < 1.29 is 14.1 Å². The summed E-state index contributed by atoms with van der Waals surface area (Å²) < 4.78 is 8.41. The van der Waals surface area contributed by atoms with Crippen LogP contribution < -0.4 is 15.4 Å². The van der Waals surface area contributed by atoms with Gasteiger partial charge in [-0.2, -0.15) is 14.5 Å². The van der Waals surface area contributed by atoms with Crippen LogP contribution in [0.2, 0.25) is 0 Å². The average molecular weight is 763 g/mol. The van der Waals surface area contributed by atoms with Crippen molar-refractivity contribution in [2.45, 2.75) is 97.5 Å². The smallest absolute Gasteiger partial charge is 0.245 e. The van der Waals surface area contributed by atoms with Gasteiger partial charge in [0, 0.05) is 60.3 Å². The molecular formula is C48H56N7O2+. The molecule has 7 rings (SSSR count). The molecule has 3 N–H and O–H groups in total. The maximum atomic E-state index is 12.9. The molecule has 294 valence electrons. The molecule has 0 amide bonds. The number of carbonyl (C=O) groups excluding carboxylic acids is 1. The quantitative estimate of drug-likeness (QED) is 0.0585. The number of nitrogens with two attached hydrogens (primary N) is 1. The number of likely N-dealkylation sites (N-methyl/N-ethyl adjacent to an activating group) is 1. The maximum absolute atomic E-state index is 12.9. The third-order valence-corrected chi connectivity index (χ3v) is 11.6. The summed E-state index contributed by atoms with van der Waals surface area (Å²) in [5.41, 5.74) is 18.2. The number of para-hydroxylation sites is 1. The summed E-state index contributed by atoms with van der Waals surface area (Å²) in [7, 11) is 0. The summed E-state index contributed by atoms with van der Waals surface area (Å²) in [6, 6.07) is 23.8. The third kappa shape index (κ3) is 8.34. The summed E-state index contributed by atoms with van der Waals surface area (Å²) in [5.74, 6) is 0.814. The predicted molar refractivity (Wildman–Crippen MR) is 232 cm³/mol. The van der Waals surface area contributed by atoms with Crippen LogP contribution in [0.25, 0.3) is 11.2 Å². The number of allylic oxidation sites excluding steroid dienone is 6. The fourth-order valence-electron chi connectivity index (χ4n) is 8.43. The molecule has 0 fully saturated rings. The lowest BCUT2D eigenvalue weighted by Gasteiger charge is -2.25. The highest BCUT2D eigenvalue weighted by atomic mass is 16.5. The molecule has 0 unspecified atom stereocenters. The molecule has 57 heavy (non-hydrogen) atoms. The zero-order valence-electron chi connectivity index (χ0n) is 34.3. The fraction of sp³-hybridized carbons (Fsp3) is 0.354. The van der Waals surface area contributed by atoms with Crippen molar-refractivity contribution in [3.63, 3.8) is 0 Å². The molecule has 3 aromatic carbocycles. The highest BCUT2D eigenvalue weighted by Crippen LogP contribution is 2.47. The summed E-state index contributed by atoms with van der Waals surface area (Å²) in [6.45, 7) is 15.9. The SMILES string of the molecule is CCN1/C(=C/C=C/C=C/C2=[N+](CCCCCC(=O)CCc3ccc(COc4nc(N)nc5nc[nH]c45)cc3)c3ccc(C)cc3C2(C)C)C(C)(C)c2ccccc21. The Bertz CT molecular complexity index is 2380. The number of unbranched alkanes of at least 4 members (excludes halogenated alkanes) is 2. The molecule has 0 radical (unpaired) electrons. The standard InChI is InChI=1S/C48H56N7O2/c1-7-54-39-18-14-13-17-37(39)47(3,4)41(54)19-11-8-12-20-42-48(5,6)38-30-33(2)21-28-40(38)55(42)29-15-9-10-16-36(56)27-26-34-22-24-35(25-23-34)31-57-45-43-44(51-32-50-43)52-46(49)53-45/h8,11-14,17-25,28,30,32H,7,9-10,15-16,26-27,29,31H2,1-6H3,(H3,49,50,51,52,53)/q+1. The molecule has 9 nitrogen and oxygen atoms in total. The topological polar surface area (TPSA) is 113 Å². The lowest BCUT2D eigenvalue weighted by molar-refractivity contribution is -0.438. The number of aryl methyl sites for hydroxylation is 2. The van der Waals surface area contributed by atoms with Gasteiger partial charge in [-0.1, -0.05) is 86.2 Å². The number of aromatic amines is 1. The number of hydrogen-bond donors (Lipinski definition) is 2. The fourth-order valence-corrected chi connectivity index (χ4v) is 8.43. The lowest BCUT2D eigenvalue weighted by Crippen LogP contribution is -2.28. The first-order valence-electron chi connectivity index (χ1n) is 20.3. The number of nitrogens with one attached hydrogen (secondary N) is 1. The number of Topliss-reactive ketones (excluding diaryl/α,β-unsaturated/α-hetero) is 1. The summed E-state index contributed by atoms with van der Waals surface area (Å²) in [4.78, 5) is 30.8. The van der Waals surface area contributed by atoms with Crippen molar-refractivity contribution in [3.05, 3.63) is 137 Å². The van der Waals surface area contributed by atoms with E-state index in [2.05, 4.69) is 156 Å². The molecule has 0 atom stereocenters. The molecule has 2 aromatic heterocycles. The van der Waals surface area contributed by atoms with Gasteiger partial charge in [0.1, 0.15) is 24.5 Å². The number of hydrogen-bond acceptors (Lipinski definition) is 7. The minimum Gasteiger partial charge on any atom is -0.471 e. The lowest BCUT2D eigenvalue weighted by atomic mass is 9.81. The number of rotatable bonds is 16. The van der Waals surface area contributed by atoms with Gasteiger partial charge in [0.05, 0.1) is 11.7 Å². The Kier molecular flexibility index (Phi) is 11.6. The van der Waals surface area contributed by atoms with Gasteiger partial charge in [-0.05, 0) is 81.9 Å². The largest absolute Gasteiger partial charge is 0.471 e. The molecular weight excluding hydrogens is 707 g/mol. The first-order chi connectivity index (χ1) is 27.5. The number of ketones is 1. The van der Waals surface area contributed by atoms with Crippen LogP contribution in [-0.2, 0) is 28.7 Å². The van der Waals surface area contributed by atoms with E-state index in [0.717, 1.165) is 49.9 Å². The zero-order valence-corrected chi connectivity index (χ0v) is 34.3. The minimum atomic E-state index is -0.113. The van der Waals surface area contributed by atoms with Crippen LogP contribution in [0.5, 0.6) is 5.88 Å². The normalized spacial score (nSPS) is 16.4. The van der Waals surface area contributed by atoms with E-state index in [9.17, 15) is 4.79 Å². The van der Waals surface area contributed by atoms with Crippen LogP contribution in [-0.4, -0.2) is 49.1 Å². The van der Waals surface area contributed by atoms with Gasteiger partial charge >= 0.3 is 0 Å². The molecule has 0 saturated heterocycles. The van der Waals surface area contributed by atoms with Crippen LogP contribution in [0.15, 0.2) is 109 Å². The first-order valence-corrected chi connectivity index (χ1v) is 20.3. The highest BCUT2D eigenvalue weighted by Gasteiger charge is 2.44. The number of nitrogen functional groups attached to an aromatic ring is 1. The van der Waals surface area contributed by atoms with E-state index in [1.807, 2.05) is 12.1 Å². The van der Waals surface area contributed by atoms with Crippen molar-refractivity contribution in [1.29, 1.82) is 0 Å². The van der Waals surface area contributed by atoms with Gasteiger partial charge in [0.25, 0.3) is 0 Å². The Morgan fingerprint density at radius 2 is 1.68 bits per heavy atom. The van der Waals surface area contributed by atoms with Crippen molar-refractivity contribution >= 4 is 40.0 Å². The monoisotopic (exact) mass is 762 g/mol. The molecule has 5 aromatic rings.